The Kier molecular flexibility index (Phi) is 1.89. The van der Waals surface area contributed by atoms with Crippen LogP contribution in [0.25, 0.3) is 0 Å². The molecule has 1 atom stereocenters. The second kappa shape index (κ2) is 2.89. The molecule has 0 radical (unpaired) electrons. The van der Waals surface area contributed by atoms with Gasteiger partial charge < -0.3 is 10.4 Å². The zero-order valence-corrected chi connectivity index (χ0v) is 6.84. The van der Waals surface area contributed by atoms with E-state index in [0.717, 1.165) is 18.8 Å². The van der Waals surface area contributed by atoms with Crippen LogP contribution in [0.15, 0.2) is 10.9 Å². The van der Waals surface area contributed by atoms with Gasteiger partial charge in [0, 0.05) is 24.4 Å². The Labute approximate surface area is 69.1 Å². The molecule has 0 spiro atoms. The van der Waals surface area contributed by atoms with Gasteiger partial charge in [-0.2, -0.15) is 0 Å². The second-order valence-electron chi connectivity index (χ2n) is 2.78. The largest absolute Gasteiger partial charge is 0.386 e. The Morgan fingerprint density at radius 2 is 2.55 bits per heavy atom. The van der Waals surface area contributed by atoms with Crippen LogP contribution < -0.4 is 5.32 Å². The van der Waals surface area contributed by atoms with Crippen LogP contribution in [0.3, 0.4) is 0 Å². The monoisotopic (exact) mass is 170 g/mol. The predicted molar refractivity (Wildman–Crippen MR) is 43.4 cm³/mol. The van der Waals surface area contributed by atoms with Gasteiger partial charge in [0.25, 0.3) is 0 Å². The summed E-state index contributed by atoms with van der Waals surface area (Å²) in [5.74, 6) is 0.372. The number of rotatable bonds is 2. The lowest BCUT2D eigenvalue weighted by molar-refractivity contribution is 0.0736. The van der Waals surface area contributed by atoms with Crippen LogP contribution in [0.1, 0.15) is 11.8 Å². The molecule has 11 heavy (non-hydrogen) atoms. The summed E-state index contributed by atoms with van der Waals surface area (Å²) in [7, 11) is 0. The van der Waals surface area contributed by atoms with Crippen LogP contribution in [0.4, 0.5) is 0 Å². The van der Waals surface area contributed by atoms with E-state index in [1.165, 1.54) is 11.3 Å². The van der Waals surface area contributed by atoms with Crippen LogP contribution in [-0.4, -0.2) is 23.2 Å². The summed E-state index contributed by atoms with van der Waals surface area (Å²) in [6.07, 6.45) is -0.359. The Hall–Kier alpha value is -0.450. The van der Waals surface area contributed by atoms with Gasteiger partial charge in [-0.15, -0.1) is 11.3 Å². The molecule has 0 saturated carbocycles. The Morgan fingerprint density at radius 1 is 1.73 bits per heavy atom. The lowest BCUT2D eigenvalue weighted by Gasteiger charge is -2.30. The van der Waals surface area contributed by atoms with E-state index in [0.29, 0.717) is 5.92 Å². The van der Waals surface area contributed by atoms with Gasteiger partial charge in [-0.05, 0) is 0 Å². The molecular weight excluding hydrogens is 160 g/mol. The second-order valence-corrected chi connectivity index (χ2v) is 3.50. The fraction of sp³-hybridized carbons (Fsp3) is 0.571. The summed E-state index contributed by atoms with van der Waals surface area (Å²) in [4.78, 5) is 4.06. The maximum absolute atomic E-state index is 9.63. The first-order chi connectivity index (χ1) is 5.38. The van der Waals surface area contributed by atoms with Gasteiger partial charge in [0.05, 0.1) is 11.2 Å². The van der Waals surface area contributed by atoms with Crippen molar-refractivity contribution in [3.8, 4) is 0 Å². The van der Waals surface area contributed by atoms with Crippen molar-refractivity contribution in [1.82, 2.24) is 10.3 Å². The van der Waals surface area contributed by atoms with Gasteiger partial charge in [-0.25, -0.2) is 4.98 Å². The predicted octanol–water partition coefficient (Wildman–Crippen LogP) is 0.396. The number of aliphatic hydroxyl groups excluding tert-OH is 1. The van der Waals surface area contributed by atoms with Gasteiger partial charge in [0.1, 0.15) is 6.10 Å². The minimum Gasteiger partial charge on any atom is -0.386 e. The van der Waals surface area contributed by atoms with E-state index in [1.54, 1.807) is 5.51 Å². The molecule has 0 aromatic carbocycles. The molecule has 1 unspecified atom stereocenters. The third-order valence-electron chi connectivity index (χ3n) is 2.01. The molecule has 1 aliphatic rings. The van der Waals surface area contributed by atoms with E-state index in [4.69, 9.17) is 0 Å². The molecule has 0 bridgehead atoms. The van der Waals surface area contributed by atoms with Gasteiger partial charge in [-0.1, -0.05) is 0 Å². The highest BCUT2D eigenvalue weighted by molar-refractivity contribution is 7.07. The van der Waals surface area contributed by atoms with Crippen molar-refractivity contribution in [3.63, 3.8) is 0 Å². The summed E-state index contributed by atoms with van der Waals surface area (Å²) >= 11 is 1.53. The van der Waals surface area contributed by atoms with Crippen molar-refractivity contribution >= 4 is 11.3 Å². The molecule has 1 fully saturated rings. The molecule has 60 valence electrons. The summed E-state index contributed by atoms with van der Waals surface area (Å²) in [5.41, 5.74) is 2.58. The zero-order chi connectivity index (χ0) is 7.68. The van der Waals surface area contributed by atoms with E-state index >= 15 is 0 Å². The maximum atomic E-state index is 9.63. The van der Waals surface area contributed by atoms with Crippen LogP contribution in [0.5, 0.6) is 0 Å². The summed E-state index contributed by atoms with van der Waals surface area (Å²) < 4.78 is 0. The van der Waals surface area contributed by atoms with E-state index in [2.05, 4.69) is 10.3 Å². The van der Waals surface area contributed by atoms with E-state index in [-0.39, 0.29) is 6.10 Å². The van der Waals surface area contributed by atoms with Crippen LogP contribution >= 0.6 is 11.3 Å². The lowest BCUT2D eigenvalue weighted by Crippen LogP contribution is -2.45. The van der Waals surface area contributed by atoms with Crippen LogP contribution in [0.2, 0.25) is 0 Å². The smallest absolute Gasteiger partial charge is 0.102 e. The number of hydrogen-bond acceptors (Lipinski definition) is 4. The number of hydrogen-bond donors (Lipinski definition) is 2. The SMILES string of the molecule is OC(c1cscn1)C1CNC1. The number of nitrogens with zero attached hydrogens (tertiary/aromatic N) is 1. The number of nitrogens with one attached hydrogen (secondary N) is 1. The van der Waals surface area contributed by atoms with Crippen molar-refractivity contribution in [2.75, 3.05) is 13.1 Å². The van der Waals surface area contributed by atoms with E-state index in [1.807, 2.05) is 5.38 Å². The highest BCUT2D eigenvalue weighted by Gasteiger charge is 2.27. The zero-order valence-electron chi connectivity index (χ0n) is 6.03. The van der Waals surface area contributed by atoms with Crippen molar-refractivity contribution in [3.05, 3.63) is 16.6 Å². The van der Waals surface area contributed by atoms with Crippen LogP contribution in [0, 0.1) is 5.92 Å². The average Bonchev–Trinajstić information content (AvgIpc) is 2.32. The minimum absolute atomic E-state index is 0.359. The molecule has 3 nitrogen and oxygen atoms in total. The molecule has 1 aromatic heterocycles. The topological polar surface area (TPSA) is 45.2 Å². The van der Waals surface area contributed by atoms with Gasteiger partial charge in [-0.3, -0.25) is 0 Å². The maximum Gasteiger partial charge on any atom is 0.102 e. The molecule has 1 saturated heterocycles. The quantitative estimate of drug-likeness (QED) is 0.675. The minimum atomic E-state index is -0.359. The first-order valence-electron chi connectivity index (χ1n) is 3.65. The first-order valence-corrected chi connectivity index (χ1v) is 4.59. The third-order valence-corrected chi connectivity index (χ3v) is 2.62. The molecule has 0 aliphatic carbocycles. The van der Waals surface area contributed by atoms with Crippen LogP contribution in [-0.2, 0) is 0 Å². The van der Waals surface area contributed by atoms with E-state index in [9.17, 15) is 5.11 Å². The molecule has 2 N–H and O–H groups in total. The summed E-state index contributed by atoms with van der Waals surface area (Å²) in [6.45, 7) is 1.83. The van der Waals surface area contributed by atoms with Crippen molar-refractivity contribution in [2.24, 2.45) is 5.92 Å². The number of thiazole rings is 1. The third kappa shape index (κ3) is 1.29. The standard InChI is InChI=1S/C7H10N2OS/c10-7(5-1-8-2-5)6-3-11-4-9-6/h3-5,7-8,10H,1-2H2. The number of aliphatic hydroxyl groups is 1. The van der Waals surface area contributed by atoms with E-state index < -0.39 is 0 Å². The normalized spacial score (nSPS) is 21.2. The molecule has 4 heteroatoms. The molecule has 1 aromatic rings. The highest BCUT2D eigenvalue weighted by atomic mass is 32.1. The summed E-state index contributed by atoms with van der Waals surface area (Å²) in [5, 5.41) is 14.7. The Morgan fingerprint density at radius 3 is 3.00 bits per heavy atom. The summed E-state index contributed by atoms with van der Waals surface area (Å²) in [6, 6.07) is 0. The Bertz CT molecular complexity index is 220. The van der Waals surface area contributed by atoms with Gasteiger partial charge >= 0.3 is 0 Å². The van der Waals surface area contributed by atoms with Crippen molar-refractivity contribution in [1.29, 1.82) is 0 Å². The Balaban J connectivity index is 2.04. The lowest BCUT2D eigenvalue weighted by atomic mass is 9.95. The fourth-order valence-electron chi connectivity index (χ4n) is 1.14. The molecular formula is C7H10N2OS. The first kappa shape index (κ1) is 7.21. The molecule has 0 amide bonds. The average molecular weight is 170 g/mol. The van der Waals surface area contributed by atoms with Crippen molar-refractivity contribution < 1.29 is 5.11 Å². The molecule has 1 aliphatic heterocycles. The highest BCUT2D eigenvalue weighted by Crippen LogP contribution is 2.24. The van der Waals surface area contributed by atoms with Gasteiger partial charge in [0.15, 0.2) is 0 Å². The molecule has 2 heterocycles. The van der Waals surface area contributed by atoms with Crippen molar-refractivity contribution in [2.45, 2.75) is 6.10 Å². The number of aromatic nitrogens is 1. The van der Waals surface area contributed by atoms with Gasteiger partial charge in [0.2, 0.25) is 0 Å². The molecule has 2 rings (SSSR count). The fourth-order valence-corrected chi connectivity index (χ4v) is 1.73.